The third kappa shape index (κ3) is 6.29. The predicted molar refractivity (Wildman–Crippen MR) is 109 cm³/mol. The minimum atomic E-state index is -0.958. The summed E-state index contributed by atoms with van der Waals surface area (Å²) in [6.45, 7) is 3.31. The van der Waals surface area contributed by atoms with Crippen LogP contribution in [0, 0.1) is 11.2 Å². The number of carboxylic acid groups (broad SMARTS) is 1. The second-order valence-corrected chi connectivity index (χ2v) is 7.74. The van der Waals surface area contributed by atoms with E-state index in [-0.39, 0.29) is 18.7 Å². The highest BCUT2D eigenvalue weighted by Crippen LogP contribution is 2.25. The molecule has 29 heavy (non-hydrogen) atoms. The van der Waals surface area contributed by atoms with E-state index in [9.17, 15) is 19.1 Å². The third-order valence-electron chi connectivity index (χ3n) is 4.70. The molecule has 156 valence electrons. The van der Waals surface area contributed by atoms with Crippen LogP contribution >= 0.6 is 0 Å². The molecule has 0 saturated carbocycles. The lowest BCUT2D eigenvalue weighted by Crippen LogP contribution is -2.34. The SMILES string of the molecule is CN(C(=O)OCc1ccccc1)c1cc(CC(N)CC(C)(C)C(=O)O)ccc1F. The van der Waals surface area contributed by atoms with Crippen molar-refractivity contribution in [2.45, 2.75) is 39.3 Å². The molecular formula is C22H27FN2O4. The first-order valence-corrected chi connectivity index (χ1v) is 9.32. The van der Waals surface area contributed by atoms with Gasteiger partial charge in [0.15, 0.2) is 0 Å². The van der Waals surface area contributed by atoms with Gasteiger partial charge in [-0.15, -0.1) is 0 Å². The highest BCUT2D eigenvalue weighted by atomic mass is 19.1. The van der Waals surface area contributed by atoms with Gasteiger partial charge in [-0.05, 0) is 49.9 Å². The molecule has 0 spiro atoms. The van der Waals surface area contributed by atoms with Crippen LogP contribution in [0.3, 0.4) is 0 Å². The molecule has 0 radical (unpaired) electrons. The first-order chi connectivity index (χ1) is 13.6. The average Bonchev–Trinajstić information content (AvgIpc) is 2.67. The fraction of sp³-hybridized carbons (Fsp3) is 0.364. The van der Waals surface area contributed by atoms with Crippen LogP contribution in [-0.4, -0.2) is 30.3 Å². The van der Waals surface area contributed by atoms with E-state index in [1.54, 1.807) is 19.9 Å². The van der Waals surface area contributed by atoms with Gasteiger partial charge in [0.05, 0.1) is 11.1 Å². The molecule has 7 heteroatoms. The minimum absolute atomic E-state index is 0.0743. The molecule has 6 nitrogen and oxygen atoms in total. The lowest BCUT2D eigenvalue weighted by Gasteiger charge is -2.24. The van der Waals surface area contributed by atoms with Crippen molar-refractivity contribution in [3.8, 4) is 0 Å². The van der Waals surface area contributed by atoms with Crippen LogP contribution in [0.2, 0.25) is 0 Å². The summed E-state index contributed by atoms with van der Waals surface area (Å²) in [5.41, 5.74) is 6.76. The Morgan fingerprint density at radius 3 is 2.45 bits per heavy atom. The monoisotopic (exact) mass is 402 g/mol. The molecule has 0 aromatic heterocycles. The van der Waals surface area contributed by atoms with Crippen molar-refractivity contribution in [3.05, 3.63) is 65.5 Å². The number of amides is 1. The van der Waals surface area contributed by atoms with E-state index >= 15 is 0 Å². The van der Waals surface area contributed by atoms with Gasteiger partial charge in [-0.1, -0.05) is 36.4 Å². The van der Waals surface area contributed by atoms with Crippen LogP contribution in [0.5, 0.6) is 0 Å². The van der Waals surface area contributed by atoms with Crippen LogP contribution in [0.1, 0.15) is 31.4 Å². The normalized spacial score (nSPS) is 12.3. The summed E-state index contributed by atoms with van der Waals surface area (Å²) < 4.78 is 19.5. The summed E-state index contributed by atoms with van der Waals surface area (Å²) >= 11 is 0. The number of benzene rings is 2. The predicted octanol–water partition coefficient (Wildman–Crippen LogP) is 3.97. The average molecular weight is 402 g/mol. The topological polar surface area (TPSA) is 92.9 Å². The van der Waals surface area contributed by atoms with Gasteiger partial charge in [0.2, 0.25) is 0 Å². The number of aliphatic carboxylic acids is 1. The Morgan fingerprint density at radius 1 is 1.17 bits per heavy atom. The maximum absolute atomic E-state index is 14.3. The van der Waals surface area contributed by atoms with E-state index in [0.29, 0.717) is 12.0 Å². The number of nitrogens with zero attached hydrogens (tertiary/aromatic N) is 1. The molecule has 0 bridgehead atoms. The number of ether oxygens (including phenoxy) is 1. The number of rotatable bonds is 8. The zero-order valence-corrected chi connectivity index (χ0v) is 16.9. The summed E-state index contributed by atoms with van der Waals surface area (Å²) in [5.74, 6) is -1.49. The fourth-order valence-corrected chi connectivity index (χ4v) is 2.97. The number of anilines is 1. The summed E-state index contributed by atoms with van der Waals surface area (Å²) in [5, 5.41) is 9.24. The van der Waals surface area contributed by atoms with Crippen LogP contribution in [-0.2, 0) is 22.6 Å². The highest BCUT2D eigenvalue weighted by Gasteiger charge is 2.29. The Bertz CT molecular complexity index is 855. The second kappa shape index (κ2) is 9.52. The molecule has 0 heterocycles. The Labute approximate surface area is 170 Å². The van der Waals surface area contributed by atoms with Crippen LogP contribution in [0.15, 0.2) is 48.5 Å². The van der Waals surface area contributed by atoms with Crippen molar-refractivity contribution >= 4 is 17.7 Å². The molecule has 2 aromatic rings. The van der Waals surface area contributed by atoms with Crippen LogP contribution in [0.4, 0.5) is 14.9 Å². The van der Waals surface area contributed by atoms with E-state index in [2.05, 4.69) is 0 Å². The van der Waals surface area contributed by atoms with Gasteiger partial charge in [-0.3, -0.25) is 9.69 Å². The van der Waals surface area contributed by atoms with E-state index in [1.165, 1.54) is 19.2 Å². The van der Waals surface area contributed by atoms with Gasteiger partial charge in [0, 0.05) is 13.1 Å². The quantitative estimate of drug-likeness (QED) is 0.697. The Kier molecular flexibility index (Phi) is 7.34. The maximum Gasteiger partial charge on any atom is 0.414 e. The Morgan fingerprint density at radius 2 is 1.83 bits per heavy atom. The molecule has 3 N–H and O–H groups in total. The molecule has 0 aliphatic carbocycles. The Hall–Kier alpha value is -2.93. The number of carbonyl (C=O) groups excluding carboxylic acids is 1. The van der Waals surface area contributed by atoms with Gasteiger partial charge in [0.25, 0.3) is 0 Å². The van der Waals surface area contributed by atoms with E-state index in [4.69, 9.17) is 10.5 Å². The molecule has 0 fully saturated rings. The summed E-state index contributed by atoms with van der Waals surface area (Å²) in [6.07, 6.45) is -0.0535. The molecular weight excluding hydrogens is 375 g/mol. The van der Waals surface area contributed by atoms with Gasteiger partial charge in [-0.2, -0.15) is 0 Å². The first kappa shape index (κ1) is 22.4. The van der Waals surface area contributed by atoms with Crippen molar-refractivity contribution in [2.75, 3.05) is 11.9 Å². The molecule has 2 aromatic carbocycles. The number of hydrogen-bond acceptors (Lipinski definition) is 4. The standard InChI is InChI=1S/C22H27FN2O4/c1-22(2,20(26)27)13-17(24)11-16-9-10-18(23)19(12-16)25(3)21(28)29-14-15-7-5-4-6-8-15/h4-10,12,17H,11,13-14,24H2,1-3H3,(H,26,27). The third-order valence-corrected chi connectivity index (χ3v) is 4.70. The van der Waals surface area contributed by atoms with Crippen molar-refractivity contribution in [3.63, 3.8) is 0 Å². The number of hydrogen-bond donors (Lipinski definition) is 2. The minimum Gasteiger partial charge on any atom is -0.481 e. The second-order valence-electron chi connectivity index (χ2n) is 7.74. The van der Waals surface area contributed by atoms with Crippen molar-refractivity contribution in [1.82, 2.24) is 0 Å². The van der Waals surface area contributed by atoms with Gasteiger partial charge in [0.1, 0.15) is 12.4 Å². The molecule has 1 unspecified atom stereocenters. The highest BCUT2D eigenvalue weighted by molar-refractivity contribution is 5.87. The number of nitrogens with two attached hydrogens (primary N) is 1. The fourth-order valence-electron chi connectivity index (χ4n) is 2.97. The summed E-state index contributed by atoms with van der Waals surface area (Å²) in [4.78, 5) is 24.7. The zero-order valence-electron chi connectivity index (χ0n) is 16.9. The lowest BCUT2D eigenvalue weighted by atomic mass is 9.84. The van der Waals surface area contributed by atoms with Crippen molar-refractivity contribution in [2.24, 2.45) is 11.1 Å². The largest absolute Gasteiger partial charge is 0.481 e. The Balaban J connectivity index is 2.05. The molecule has 0 saturated heterocycles. The van der Waals surface area contributed by atoms with Crippen molar-refractivity contribution in [1.29, 1.82) is 0 Å². The van der Waals surface area contributed by atoms with Gasteiger partial charge in [-0.25, -0.2) is 9.18 Å². The number of halogens is 1. The maximum atomic E-state index is 14.3. The van der Waals surface area contributed by atoms with E-state index in [1.807, 2.05) is 30.3 Å². The van der Waals surface area contributed by atoms with Crippen LogP contribution < -0.4 is 10.6 Å². The summed E-state index contributed by atoms with van der Waals surface area (Å²) in [7, 11) is 1.43. The number of carboxylic acids is 1. The van der Waals surface area contributed by atoms with Crippen molar-refractivity contribution < 1.29 is 23.8 Å². The molecule has 1 atom stereocenters. The molecule has 0 aliphatic heterocycles. The lowest BCUT2D eigenvalue weighted by molar-refractivity contribution is -0.147. The van der Waals surface area contributed by atoms with Gasteiger partial charge >= 0.3 is 12.1 Å². The first-order valence-electron chi connectivity index (χ1n) is 9.32. The number of carbonyl (C=O) groups is 2. The van der Waals surface area contributed by atoms with E-state index < -0.39 is 29.3 Å². The smallest absolute Gasteiger partial charge is 0.414 e. The molecule has 0 aliphatic rings. The van der Waals surface area contributed by atoms with Gasteiger partial charge < -0.3 is 15.6 Å². The van der Waals surface area contributed by atoms with E-state index in [0.717, 1.165) is 10.5 Å². The zero-order chi connectivity index (χ0) is 21.6. The molecule has 1 amide bonds. The summed E-state index contributed by atoms with van der Waals surface area (Å²) in [6, 6.07) is 13.2. The van der Waals surface area contributed by atoms with Crippen LogP contribution in [0.25, 0.3) is 0 Å². The molecule has 2 rings (SSSR count).